The van der Waals surface area contributed by atoms with Crippen LogP contribution in [0.15, 0.2) is 70.4 Å². The number of halogens is 1. The Balaban J connectivity index is 1.41. The summed E-state index contributed by atoms with van der Waals surface area (Å²) in [7, 11) is -3.66. The molecule has 0 unspecified atom stereocenters. The van der Waals surface area contributed by atoms with Gasteiger partial charge in [0, 0.05) is 34.1 Å². The van der Waals surface area contributed by atoms with Crippen molar-refractivity contribution in [2.45, 2.75) is 11.3 Å². The van der Waals surface area contributed by atoms with Gasteiger partial charge in [0.2, 0.25) is 0 Å². The van der Waals surface area contributed by atoms with Gasteiger partial charge in [-0.1, -0.05) is 23.7 Å². The first-order valence-electron chi connectivity index (χ1n) is 8.46. The highest BCUT2D eigenvalue weighted by Crippen LogP contribution is 2.24. The lowest BCUT2D eigenvalue weighted by atomic mass is 10.1. The molecule has 0 atom stereocenters. The van der Waals surface area contributed by atoms with Gasteiger partial charge in [0.05, 0.1) is 10.6 Å². The number of nitrogens with zero attached hydrogens (tertiary/aromatic N) is 2. The molecule has 6 nitrogen and oxygen atoms in total. The van der Waals surface area contributed by atoms with Crippen LogP contribution in [0.5, 0.6) is 0 Å². The van der Waals surface area contributed by atoms with E-state index in [1.165, 1.54) is 22.7 Å². The van der Waals surface area contributed by atoms with E-state index in [1.807, 2.05) is 29.6 Å². The SMILES string of the molecule is O=S(=O)(Nc1nccs1)c1ccc(Nc2nc(Cc3ccc(Cl)cc3)cs2)cc1. The molecule has 2 aromatic heterocycles. The monoisotopic (exact) mass is 462 g/mol. The van der Waals surface area contributed by atoms with Crippen molar-refractivity contribution in [1.82, 2.24) is 9.97 Å². The smallest absolute Gasteiger partial charge is 0.263 e. The fourth-order valence-corrected chi connectivity index (χ4v) is 5.19. The van der Waals surface area contributed by atoms with E-state index in [4.69, 9.17) is 11.6 Å². The van der Waals surface area contributed by atoms with Crippen molar-refractivity contribution in [2.24, 2.45) is 0 Å². The second-order valence-electron chi connectivity index (χ2n) is 6.04. The quantitative estimate of drug-likeness (QED) is 0.384. The van der Waals surface area contributed by atoms with Gasteiger partial charge in [-0.3, -0.25) is 4.72 Å². The topological polar surface area (TPSA) is 84.0 Å². The molecule has 2 N–H and O–H groups in total. The summed E-state index contributed by atoms with van der Waals surface area (Å²) < 4.78 is 27.2. The average molecular weight is 463 g/mol. The zero-order chi connectivity index (χ0) is 20.3. The highest BCUT2D eigenvalue weighted by molar-refractivity contribution is 7.93. The minimum Gasteiger partial charge on any atom is -0.332 e. The Labute approximate surface area is 181 Å². The number of aromatic nitrogens is 2. The van der Waals surface area contributed by atoms with Gasteiger partial charge < -0.3 is 5.32 Å². The van der Waals surface area contributed by atoms with Crippen LogP contribution in [0.25, 0.3) is 0 Å². The van der Waals surface area contributed by atoms with Gasteiger partial charge in [0.1, 0.15) is 0 Å². The van der Waals surface area contributed by atoms with Gasteiger partial charge in [0.25, 0.3) is 10.0 Å². The summed E-state index contributed by atoms with van der Waals surface area (Å²) in [6.07, 6.45) is 2.26. The minimum atomic E-state index is -3.66. The van der Waals surface area contributed by atoms with Gasteiger partial charge in [-0.05, 0) is 42.0 Å². The van der Waals surface area contributed by atoms with Gasteiger partial charge >= 0.3 is 0 Å². The number of hydrogen-bond donors (Lipinski definition) is 2. The van der Waals surface area contributed by atoms with Crippen LogP contribution in [0.1, 0.15) is 11.3 Å². The molecule has 0 amide bonds. The second kappa shape index (κ2) is 8.50. The standard InChI is InChI=1S/C19H15ClN4O2S3/c20-14-3-1-13(2-4-14)11-16-12-28-19(23-16)22-15-5-7-17(8-6-15)29(25,26)24-18-21-9-10-27-18/h1-10,12H,11H2,(H,21,24)(H,22,23). The molecular formula is C19H15ClN4O2S3. The largest absolute Gasteiger partial charge is 0.332 e. The number of rotatable bonds is 7. The van der Waals surface area contributed by atoms with Crippen molar-refractivity contribution in [3.05, 3.63) is 81.8 Å². The molecule has 4 aromatic rings. The van der Waals surface area contributed by atoms with Crippen molar-refractivity contribution < 1.29 is 8.42 Å². The average Bonchev–Trinajstić information content (AvgIpc) is 3.36. The van der Waals surface area contributed by atoms with Gasteiger partial charge in [0.15, 0.2) is 10.3 Å². The van der Waals surface area contributed by atoms with Crippen LogP contribution in [0.4, 0.5) is 16.0 Å². The normalized spacial score (nSPS) is 11.3. The summed E-state index contributed by atoms with van der Waals surface area (Å²) in [5.41, 5.74) is 2.84. The fourth-order valence-electron chi connectivity index (χ4n) is 2.55. The Morgan fingerprint density at radius 3 is 2.41 bits per heavy atom. The van der Waals surface area contributed by atoms with Crippen molar-refractivity contribution >= 4 is 60.2 Å². The molecule has 0 saturated heterocycles. The van der Waals surface area contributed by atoms with Gasteiger partial charge in [-0.2, -0.15) is 0 Å². The molecule has 0 bridgehead atoms. The van der Waals surface area contributed by atoms with E-state index in [1.54, 1.807) is 35.8 Å². The maximum absolute atomic E-state index is 12.4. The number of hydrogen-bond acceptors (Lipinski definition) is 7. The van der Waals surface area contributed by atoms with Crippen LogP contribution in [0.3, 0.4) is 0 Å². The molecule has 0 radical (unpaired) electrons. The van der Waals surface area contributed by atoms with Crippen LogP contribution < -0.4 is 10.0 Å². The highest BCUT2D eigenvalue weighted by Gasteiger charge is 2.15. The third-order valence-electron chi connectivity index (χ3n) is 3.92. The zero-order valence-electron chi connectivity index (χ0n) is 14.9. The highest BCUT2D eigenvalue weighted by atomic mass is 35.5. The van der Waals surface area contributed by atoms with E-state index in [9.17, 15) is 8.42 Å². The summed E-state index contributed by atoms with van der Waals surface area (Å²) in [5, 5.41) is 8.69. The zero-order valence-corrected chi connectivity index (χ0v) is 18.1. The number of benzene rings is 2. The Morgan fingerprint density at radius 2 is 1.72 bits per heavy atom. The van der Waals surface area contributed by atoms with Crippen molar-refractivity contribution in [3.63, 3.8) is 0 Å². The third kappa shape index (κ3) is 5.13. The van der Waals surface area contributed by atoms with Gasteiger partial charge in [-0.15, -0.1) is 22.7 Å². The van der Waals surface area contributed by atoms with E-state index in [-0.39, 0.29) is 4.90 Å². The summed E-state index contributed by atoms with van der Waals surface area (Å²) >= 11 is 8.63. The molecule has 0 saturated carbocycles. The Kier molecular flexibility index (Phi) is 5.81. The van der Waals surface area contributed by atoms with Crippen molar-refractivity contribution in [3.8, 4) is 0 Å². The van der Waals surface area contributed by atoms with Crippen LogP contribution in [-0.2, 0) is 16.4 Å². The van der Waals surface area contributed by atoms with E-state index >= 15 is 0 Å². The molecule has 0 aliphatic rings. The van der Waals surface area contributed by atoms with Crippen LogP contribution >= 0.6 is 34.3 Å². The van der Waals surface area contributed by atoms with E-state index in [2.05, 4.69) is 20.0 Å². The Morgan fingerprint density at radius 1 is 0.966 bits per heavy atom. The van der Waals surface area contributed by atoms with Crippen molar-refractivity contribution in [1.29, 1.82) is 0 Å². The number of sulfonamides is 1. The first-order valence-corrected chi connectivity index (χ1v) is 12.1. The lowest BCUT2D eigenvalue weighted by Crippen LogP contribution is -2.12. The molecule has 29 heavy (non-hydrogen) atoms. The number of anilines is 3. The molecular weight excluding hydrogens is 448 g/mol. The molecule has 0 aliphatic carbocycles. The molecule has 2 heterocycles. The molecule has 0 aliphatic heterocycles. The Bertz CT molecular complexity index is 1190. The summed E-state index contributed by atoms with van der Waals surface area (Å²) in [6, 6.07) is 14.2. The maximum atomic E-state index is 12.4. The first-order chi connectivity index (χ1) is 14.0. The fraction of sp³-hybridized carbons (Fsp3) is 0.0526. The van der Waals surface area contributed by atoms with E-state index in [0.29, 0.717) is 10.2 Å². The molecule has 2 aromatic carbocycles. The predicted molar refractivity (Wildman–Crippen MR) is 119 cm³/mol. The molecule has 10 heteroatoms. The van der Waals surface area contributed by atoms with Gasteiger partial charge in [-0.25, -0.2) is 18.4 Å². The molecule has 0 spiro atoms. The molecule has 148 valence electrons. The molecule has 4 rings (SSSR count). The number of thiazole rings is 2. The minimum absolute atomic E-state index is 0.167. The van der Waals surface area contributed by atoms with E-state index in [0.717, 1.165) is 28.5 Å². The molecule has 0 fully saturated rings. The first kappa shape index (κ1) is 19.8. The number of nitrogens with one attached hydrogen (secondary N) is 2. The lowest BCUT2D eigenvalue weighted by molar-refractivity contribution is 0.601. The van der Waals surface area contributed by atoms with Crippen LogP contribution in [-0.4, -0.2) is 18.4 Å². The van der Waals surface area contributed by atoms with Crippen LogP contribution in [0.2, 0.25) is 5.02 Å². The maximum Gasteiger partial charge on any atom is 0.263 e. The van der Waals surface area contributed by atoms with Crippen molar-refractivity contribution in [2.75, 3.05) is 10.0 Å². The summed E-state index contributed by atoms with van der Waals surface area (Å²) in [6.45, 7) is 0. The van der Waals surface area contributed by atoms with E-state index < -0.39 is 10.0 Å². The summed E-state index contributed by atoms with van der Waals surface area (Å²) in [5.74, 6) is 0. The second-order valence-corrected chi connectivity index (χ2v) is 9.91. The Hall–Kier alpha value is -2.46. The van der Waals surface area contributed by atoms with Crippen LogP contribution in [0, 0.1) is 0 Å². The third-order valence-corrected chi connectivity index (χ3v) is 7.15. The summed E-state index contributed by atoms with van der Waals surface area (Å²) in [4.78, 5) is 8.69. The lowest BCUT2D eigenvalue weighted by Gasteiger charge is -2.07. The predicted octanol–water partition coefficient (Wildman–Crippen LogP) is 5.39.